The number of rotatable bonds is 47. The zero-order valence-corrected chi connectivity index (χ0v) is 41.8. The van der Waals surface area contributed by atoms with Crippen molar-refractivity contribution in [3.05, 3.63) is 85.1 Å². The van der Waals surface area contributed by atoms with Crippen LogP contribution in [0.2, 0.25) is 0 Å². The first-order chi connectivity index (χ1) is 31.5. The average molecular weight is 891 g/mol. The second-order valence-electron chi connectivity index (χ2n) is 17.4. The number of ether oxygens (including phenoxy) is 3. The van der Waals surface area contributed by atoms with Gasteiger partial charge in [-0.25, -0.2) is 0 Å². The number of hydrogen-bond acceptors (Lipinski definition) is 6. The van der Waals surface area contributed by atoms with E-state index in [1.807, 2.05) is 0 Å². The number of allylic oxidation sites excluding steroid dienone is 14. The lowest BCUT2D eigenvalue weighted by molar-refractivity contribution is -0.167. The quantitative estimate of drug-likeness (QED) is 0.0262. The number of unbranched alkanes of at least 4 members (excludes halogenated alkanes) is 22. The molecular weight excluding hydrogens is 793 g/mol. The zero-order valence-electron chi connectivity index (χ0n) is 41.8. The average Bonchev–Trinajstić information content (AvgIpc) is 3.29. The Labute approximate surface area is 395 Å². The van der Waals surface area contributed by atoms with Crippen LogP contribution in [0.1, 0.15) is 245 Å². The number of esters is 3. The number of hydrogen-bond donors (Lipinski definition) is 0. The molecule has 366 valence electrons. The molecule has 0 N–H and O–H groups in total. The largest absolute Gasteiger partial charge is 0.462 e. The second-order valence-corrected chi connectivity index (χ2v) is 17.4. The fraction of sp³-hybridized carbons (Fsp3) is 0.707. The summed E-state index contributed by atoms with van der Waals surface area (Å²) in [4.78, 5) is 38.0. The van der Waals surface area contributed by atoms with Gasteiger partial charge in [0.15, 0.2) is 6.10 Å². The highest BCUT2D eigenvalue weighted by atomic mass is 16.6. The van der Waals surface area contributed by atoms with E-state index in [1.54, 1.807) is 0 Å². The third kappa shape index (κ3) is 49.6. The maximum Gasteiger partial charge on any atom is 0.306 e. The van der Waals surface area contributed by atoms with Gasteiger partial charge in [-0.1, -0.05) is 196 Å². The van der Waals surface area contributed by atoms with E-state index in [4.69, 9.17) is 14.2 Å². The normalized spacial score (nSPS) is 12.7. The van der Waals surface area contributed by atoms with Gasteiger partial charge in [0.05, 0.1) is 0 Å². The van der Waals surface area contributed by atoms with Gasteiger partial charge in [-0.15, -0.1) is 0 Å². The van der Waals surface area contributed by atoms with Gasteiger partial charge in [-0.05, 0) is 116 Å². The fourth-order valence-electron chi connectivity index (χ4n) is 7.10. The highest BCUT2D eigenvalue weighted by Crippen LogP contribution is 2.13. The van der Waals surface area contributed by atoms with Crippen molar-refractivity contribution in [1.82, 2.24) is 0 Å². The topological polar surface area (TPSA) is 78.9 Å². The van der Waals surface area contributed by atoms with E-state index >= 15 is 0 Å². The van der Waals surface area contributed by atoms with Crippen molar-refractivity contribution < 1.29 is 28.6 Å². The van der Waals surface area contributed by atoms with Crippen molar-refractivity contribution in [3.8, 4) is 0 Å². The molecule has 0 bridgehead atoms. The predicted octanol–water partition coefficient (Wildman–Crippen LogP) is 17.6. The van der Waals surface area contributed by atoms with Crippen LogP contribution in [-0.4, -0.2) is 37.2 Å². The van der Waals surface area contributed by atoms with Crippen LogP contribution in [0.3, 0.4) is 0 Å². The second kappa shape index (κ2) is 52.2. The van der Waals surface area contributed by atoms with Crippen molar-refractivity contribution in [2.75, 3.05) is 13.2 Å². The van der Waals surface area contributed by atoms with Crippen LogP contribution in [0.5, 0.6) is 0 Å². The summed E-state index contributed by atoms with van der Waals surface area (Å²) in [5.74, 6) is -0.941. The van der Waals surface area contributed by atoms with Crippen LogP contribution in [0, 0.1) is 0 Å². The summed E-state index contributed by atoms with van der Waals surface area (Å²) >= 11 is 0. The minimum Gasteiger partial charge on any atom is -0.462 e. The third-order valence-corrected chi connectivity index (χ3v) is 11.1. The summed E-state index contributed by atoms with van der Waals surface area (Å²) in [6, 6.07) is 0. The molecule has 6 nitrogen and oxygen atoms in total. The lowest BCUT2D eigenvalue weighted by atomic mass is 10.1. The molecule has 0 aromatic rings. The molecule has 0 rings (SSSR count). The molecule has 1 unspecified atom stereocenters. The number of carbonyl (C=O) groups is 3. The molecule has 0 amide bonds. The molecule has 0 saturated heterocycles. The summed E-state index contributed by atoms with van der Waals surface area (Å²) in [7, 11) is 0. The predicted molar refractivity (Wildman–Crippen MR) is 274 cm³/mol. The molecule has 1 atom stereocenters. The Kier molecular flexibility index (Phi) is 49.4. The fourth-order valence-corrected chi connectivity index (χ4v) is 7.10. The Hall–Kier alpha value is -3.41. The van der Waals surface area contributed by atoms with Crippen molar-refractivity contribution in [2.24, 2.45) is 0 Å². The van der Waals surface area contributed by atoms with E-state index in [9.17, 15) is 14.4 Å². The monoisotopic (exact) mass is 891 g/mol. The first-order valence-corrected chi connectivity index (χ1v) is 26.6. The van der Waals surface area contributed by atoms with E-state index in [-0.39, 0.29) is 31.1 Å². The Morgan fingerprint density at radius 2 is 0.609 bits per heavy atom. The summed E-state index contributed by atoms with van der Waals surface area (Å²) < 4.78 is 16.8. The molecule has 0 saturated carbocycles. The Morgan fingerprint density at radius 3 is 0.969 bits per heavy atom. The zero-order chi connectivity index (χ0) is 46.5. The van der Waals surface area contributed by atoms with Crippen molar-refractivity contribution >= 4 is 17.9 Å². The van der Waals surface area contributed by atoms with Gasteiger partial charge in [-0.3, -0.25) is 14.4 Å². The molecule has 0 spiro atoms. The van der Waals surface area contributed by atoms with Crippen LogP contribution in [0.25, 0.3) is 0 Å². The number of carbonyl (C=O) groups excluding carboxylic acids is 3. The van der Waals surface area contributed by atoms with E-state index in [0.29, 0.717) is 19.3 Å². The summed E-state index contributed by atoms with van der Waals surface area (Å²) in [5, 5.41) is 0. The third-order valence-electron chi connectivity index (χ3n) is 11.1. The van der Waals surface area contributed by atoms with Crippen LogP contribution >= 0.6 is 0 Å². The molecule has 0 aliphatic carbocycles. The van der Waals surface area contributed by atoms with Crippen molar-refractivity contribution in [3.63, 3.8) is 0 Å². The smallest absolute Gasteiger partial charge is 0.306 e. The summed E-state index contributed by atoms with van der Waals surface area (Å²) in [5.41, 5.74) is 0. The highest BCUT2D eigenvalue weighted by Gasteiger charge is 2.19. The van der Waals surface area contributed by atoms with Gasteiger partial charge in [0, 0.05) is 19.3 Å². The molecule has 0 aliphatic rings. The molecule has 0 aromatic heterocycles. The van der Waals surface area contributed by atoms with Crippen LogP contribution in [0.15, 0.2) is 85.1 Å². The molecular formula is C58H98O6. The highest BCUT2D eigenvalue weighted by molar-refractivity contribution is 5.71. The van der Waals surface area contributed by atoms with E-state index in [1.165, 1.54) is 77.0 Å². The first kappa shape index (κ1) is 60.6. The van der Waals surface area contributed by atoms with Crippen molar-refractivity contribution in [2.45, 2.75) is 252 Å². The summed E-state index contributed by atoms with van der Waals surface area (Å²) in [6.45, 7) is 6.45. The molecule has 64 heavy (non-hydrogen) atoms. The van der Waals surface area contributed by atoms with Gasteiger partial charge in [0.2, 0.25) is 0 Å². The van der Waals surface area contributed by atoms with Crippen LogP contribution in [-0.2, 0) is 28.6 Å². The van der Waals surface area contributed by atoms with Gasteiger partial charge in [0.25, 0.3) is 0 Å². The first-order valence-electron chi connectivity index (χ1n) is 26.6. The standard InChI is InChI=1S/C58H98O6/c1-4-7-10-13-16-19-22-25-27-29-31-33-36-39-42-45-48-51-57(60)63-54-55(53-62-56(59)50-47-44-41-38-35-32-24-21-18-15-12-9-6-3)64-58(61)52-49-46-43-40-37-34-30-28-26-23-20-17-14-11-8-5-2/h7,10,16,19-21,23-25,27-28,30-31,33,55H,4-6,8-9,11-15,17-18,22,26,29,32,34-54H2,1-3H3/b10-7-,19-16-,23-20-,24-21-,27-25-,30-28-,33-31-. The Balaban J connectivity index is 4.47. The molecule has 6 heteroatoms. The SMILES string of the molecule is CC/C=C\C/C=C\C/C=C\C/C=C\CCCCCCC(=O)OCC(COC(=O)CCCCCCC/C=C\CCCCCC)OC(=O)CCCCCCC/C=C\C/C=C\CCCCCC. The minimum atomic E-state index is -0.797. The van der Waals surface area contributed by atoms with Gasteiger partial charge in [-0.2, -0.15) is 0 Å². The van der Waals surface area contributed by atoms with Gasteiger partial charge < -0.3 is 14.2 Å². The Bertz CT molecular complexity index is 1250. The molecule has 0 fully saturated rings. The molecule has 0 radical (unpaired) electrons. The Morgan fingerprint density at radius 1 is 0.328 bits per heavy atom. The van der Waals surface area contributed by atoms with Gasteiger partial charge in [0.1, 0.15) is 13.2 Å². The maximum absolute atomic E-state index is 12.8. The van der Waals surface area contributed by atoms with E-state index in [2.05, 4.69) is 106 Å². The minimum absolute atomic E-state index is 0.0950. The van der Waals surface area contributed by atoms with Crippen LogP contribution in [0.4, 0.5) is 0 Å². The van der Waals surface area contributed by atoms with E-state index in [0.717, 1.165) is 128 Å². The molecule has 0 aromatic carbocycles. The van der Waals surface area contributed by atoms with Crippen molar-refractivity contribution in [1.29, 1.82) is 0 Å². The molecule has 0 aliphatic heterocycles. The maximum atomic E-state index is 12.8. The van der Waals surface area contributed by atoms with E-state index < -0.39 is 6.10 Å². The summed E-state index contributed by atoms with van der Waals surface area (Å²) in [6.07, 6.45) is 67.0. The lowest BCUT2D eigenvalue weighted by Gasteiger charge is -2.18. The van der Waals surface area contributed by atoms with Gasteiger partial charge >= 0.3 is 17.9 Å². The lowest BCUT2D eigenvalue weighted by Crippen LogP contribution is -2.30. The van der Waals surface area contributed by atoms with Crippen LogP contribution < -0.4 is 0 Å². The molecule has 0 heterocycles.